The second kappa shape index (κ2) is 5.31. The SMILES string of the molecule is CC(=O)c1cc(C)cn2c(=O)nc(N3CCCCC3)cc12. The number of anilines is 1. The second-order valence-electron chi connectivity index (χ2n) is 5.69. The molecule has 0 radical (unpaired) electrons. The van der Waals surface area contributed by atoms with Crippen LogP contribution in [0.3, 0.4) is 0 Å². The maximum atomic E-state index is 12.3. The minimum atomic E-state index is -0.320. The van der Waals surface area contributed by atoms with Gasteiger partial charge in [0.05, 0.1) is 5.52 Å². The van der Waals surface area contributed by atoms with Crippen LogP contribution >= 0.6 is 0 Å². The van der Waals surface area contributed by atoms with E-state index in [1.54, 1.807) is 6.20 Å². The van der Waals surface area contributed by atoms with Gasteiger partial charge in [0, 0.05) is 30.9 Å². The summed E-state index contributed by atoms with van der Waals surface area (Å²) in [6.07, 6.45) is 5.20. The first-order valence-corrected chi connectivity index (χ1v) is 7.36. The maximum Gasteiger partial charge on any atom is 0.354 e. The summed E-state index contributed by atoms with van der Waals surface area (Å²) in [5.74, 6) is 0.650. The van der Waals surface area contributed by atoms with E-state index in [1.165, 1.54) is 17.7 Å². The largest absolute Gasteiger partial charge is 0.356 e. The quantitative estimate of drug-likeness (QED) is 0.794. The number of pyridine rings is 1. The fourth-order valence-corrected chi connectivity index (χ4v) is 2.92. The number of aromatic nitrogens is 2. The highest BCUT2D eigenvalue weighted by atomic mass is 16.1. The fourth-order valence-electron chi connectivity index (χ4n) is 2.92. The van der Waals surface area contributed by atoms with Gasteiger partial charge in [-0.2, -0.15) is 4.98 Å². The van der Waals surface area contributed by atoms with Crippen molar-refractivity contribution in [1.29, 1.82) is 0 Å². The van der Waals surface area contributed by atoms with Crippen molar-refractivity contribution in [2.24, 2.45) is 0 Å². The summed E-state index contributed by atoms with van der Waals surface area (Å²) in [7, 11) is 0. The van der Waals surface area contributed by atoms with Gasteiger partial charge in [-0.15, -0.1) is 0 Å². The molecule has 1 aliphatic rings. The Morgan fingerprint density at radius 2 is 1.90 bits per heavy atom. The van der Waals surface area contributed by atoms with Gasteiger partial charge in [0.2, 0.25) is 0 Å². The molecule has 2 aromatic heterocycles. The summed E-state index contributed by atoms with van der Waals surface area (Å²) in [5.41, 5.74) is 1.78. The van der Waals surface area contributed by atoms with Gasteiger partial charge in [0.25, 0.3) is 0 Å². The van der Waals surface area contributed by atoms with E-state index in [2.05, 4.69) is 9.88 Å². The fraction of sp³-hybridized carbons (Fsp3) is 0.438. The number of hydrogen-bond donors (Lipinski definition) is 0. The Bertz CT molecular complexity index is 758. The Hall–Kier alpha value is -2.17. The Kier molecular flexibility index (Phi) is 3.49. The van der Waals surface area contributed by atoms with Crippen molar-refractivity contribution < 1.29 is 4.79 Å². The number of piperidine rings is 1. The molecular weight excluding hydrogens is 266 g/mol. The first-order valence-electron chi connectivity index (χ1n) is 7.36. The molecule has 0 unspecified atom stereocenters. The molecular formula is C16H19N3O2. The van der Waals surface area contributed by atoms with Crippen LogP contribution in [0.5, 0.6) is 0 Å². The van der Waals surface area contributed by atoms with Crippen LogP contribution in [0.1, 0.15) is 42.1 Å². The number of hydrogen-bond acceptors (Lipinski definition) is 4. The Morgan fingerprint density at radius 1 is 1.19 bits per heavy atom. The minimum Gasteiger partial charge on any atom is -0.356 e. The Balaban J connectivity index is 2.22. The molecule has 0 saturated carbocycles. The lowest BCUT2D eigenvalue weighted by atomic mass is 10.1. The number of aryl methyl sites for hydroxylation is 1. The molecule has 0 aliphatic carbocycles. The van der Waals surface area contributed by atoms with Crippen molar-refractivity contribution in [1.82, 2.24) is 9.38 Å². The monoisotopic (exact) mass is 285 g/mol. The molecule has 3 rings (SSSR count). The van der Waals surface area contributed by atoms with E-state index in [1.807, 2.05) is 19.1 Å². The molecule has 5 nitrogen and oxygen atoms in total. The third-order valence-electron chi connectivity index (χ3n) is 3.98. The van der Waals surface area contributed by atoms with Crippen LogP contribution in [-0.4, -0.2) is 28.3 Å². The van der Waals surface area contributed by atoms with E-state index in [0.717, 1.165) is 31.5 Å². The number of nitrogens with zero attached hydrogens (tertiary/aromatic N) is 3. The highest BCUT2D eigenvalue weighted by Gasteiger charge is 2.16. The molecule has 2 aromatic rings. The molecule has 0 aromatic carbocycles. The highest BCUT2D eigenvalue weighted by molar-refractivity contribution is 6.01. The predicted octanol–water partition coefficient (Wildman–Crippen LogP) is 2.20. The highest BCUT2D eigenvalue weighted by Crippen LogP contribution is 2.20. The first-order chi connectivity index (χ1) is 10.1. The summed E-state index contributed by atoms with van der Waals surface area (Å²) < 4.78 is 1.47. The van der Waals surface area contributed by atoms with Crippen molar-refractivity contribution in [3.05, 3.63) is 39.9 Å². The first kappa shape index (κ1) is 13.8. The topological polar surface area (TPSA) is 54.7 Å². The van der Waals surface area contributed by atoms with Gasteiger partial charge >= 0.3 is 5.69 Å². The third-order valence-corrected chi connectivity index (χ3v) is 3.98. The molecule has 0 bridgehead atoms. The van der Waals surface area contributed by atoms with E-state index in [0.29, 0.717) is 16.9 Å². The number of carbonyl (C=O) groups is 1. The van der Waals surface area contributed by atoms with Crippen LogP contribution in [0.2, 0.25) is 0 Å². The van der Waals surface area contributed by atoms with Gasteiger partial charge in [-0.05, 0) is 44.7 Å². The van der Waals surface area contributed by atoms with Crippen LogP contribution in [-0.2, 0) is 0 Å². The average molecular weight is 285 g/mol. The molecule has 1 aliphatic heterocycles. The smallest absolute Gasteiger partial charge is 0.354 e. The zero-order valence-electron chi connectivity index (χ0n) is 12.4. The molecule has 0 spiro atoms. The predicted molar refractivity (Wildman–Crippen MR) is 82.3 cm³/mol. The molecule has 0 atom stereocenters. The number of fused-ring (bicyclic) bond motifs is 1. The van der Waals surface area contributed by atoms with Gasteiger partial charge in [-0.3, -0.25) is 9.20 Å². The number of ketones is 1. The molecule has 5 heteroatoms. The minimum absolute atomic E-state index is 0.0357. The lowest BCUT2D eigenvalue weighted by molar-refractivity contribution is 0.101. The number of carbonyl (C=O) groups excluding carboxylic acids is 1. The number of rotatable bonds is 2. The normalized spacial score (nSPS) is 15.4. The summed E-state index contributed by atoms with van der Waals surface area (Å²) in [6.45, 7) is 5.24. The molecule has 110 valence electrons. The summed E-state index contributed by atoms with van der Waals surface area (Å²) in [4.78, 5) is 30.5. The van der Waals surface area contributed by atoms with Crippen molar-refractivity contribution in [3.8, 4) is 0 Å². The number of Topliss-reactive ketones (excluding diaryl/α,β-unsaturated/α-hetero) is 1. The Morgan fingerprint density at radius 3 is 2.57 bits per heavy atom. The van der Waals surface area contributed by atoms with Crippen LogP contribution in [0, 0.1) is 6.92 Å². The van der Waals surface area contributed by atoms with Crippen LogP contribution in [0.4, 0.5) is 5.82 Å². The van der Waals surface area contributed by atoms with Crippen molar-refractivity contribution in [3.63, 3.8) is 0 Å². The van der Waals surface area contributed by atoms with E-state index in [-0.39, 0.29) is 11.5 Å². The summed E-state index contributed by atoms with van der Waals surface area (Å²) >= 11 is 0. The van der Waals surface area contributed by atoms with Gasteiger partial charge in [-0.25, -0.2) is 4.79 Å². The third kappa shape index (κ3) is 2.55. The zero-order chi connectivity index (χ0) is 15.0. The van der Waals surface area contributed by atoms with Gasteiger partial charge in [-0.1, -0.05) is 0 Å². The average Bonchev–Trinajstić information content (AvgIpc) is 2.48. The van der Waals surface area contributed by atoms with E-state index in [9.17, 15) is 9.59 Å². The molecule has 3 heterocycles. The van der Waals surface area contributed by atoms with Crippen molar-refractivity contribution >= 4 is 17.1 Å². The molecule has 1 fully saturated rings. The molecule has 0 amide bonds. The van der Waals surface area contributed by atoms with Crippen LogP contribution in [0.15, 0.2) is 23.1 Å². The second-order valence-corrected chi connectivity index (χ2v) is 5.69. The van der Waals surface area contributed by atoms with E-state index in [4.69, 9.17) is 0 Å². The molecule has 21 heavy (non-hydrogen) atoms. The lowest BCUT2D eigenvalue weighted by Gasteiger charge is -2.27. The summed E-state index contributed by atoms with van der Waals surface area (Å²) in [6, 6.07) is 3.69. The van der Waals surface area contributed by atoms with Crippen molar-refractivity contribution in [2.75, 3.05) is 18.0 Å². The molecule has 1 saturated heterocycles. The van der Waals surface area contributed by atoms with Crippen LogP contribution < -0.4 is 10.6 Å². The Labute approximate surface area is 123 Å². The molecule has 0 N–H and O–H groups in total. The van der Waals surface area contributed by atoms with Gasteiger partial charge < -0.3 is 4.90 Å². The standard InChI is InChI=1S/C16H19N3O2/c1-11-8-13(12(2)20)14-9-15(17-16(21)19(14)10-11)18-6-4-3-5-7-18/h8-10H,3-7H2,1-2H3. The maximum absolute atomic E-state index is 12.3. The lowest BCUT2D eigenvalue weighted by Crippen LogP contribution is -2.32. The summed E-state index contributed by atoms with van der Waals surface area (Å²) in [5, 5.41) is 0. The van der Waals surface area contributed by atoms with E-state index >= 15 is 0 Å². The van der Waals surface area contributed by atoms with Gasteiger partial charge in [0.15, 0.2) is 5.78 Å². The van der Waals surface area contributed by atoms with Crippen molar-refractivity contribution in [2.45, 2.75) is 33.1 Å². The van der Waals surface area contributed by atoms with Crippen LogP contribution in [0.25, 0.3) is 5.52 Å². The van der Waals surface area contributed by atoms with Gasteiger partial charge in [0.1, 0.15) is 5.82 Å². The zero-order valence-corrected chi connectivity index (χ0v) is 12.4. The van der Waals surface area contributed by atoms with E-state index < -0.39 is 0 Å².